The lowest BCUT2D eigenvalue weighted by atomic mass is 10.1. The first-order valence-electron chi connectivity index (χ1n) is 6.17. The second kappa shape index (κ2) is 4.88. The molecule has 1 amide bonds. The van der Waals surface area contributed by atoms with Gasteiger partial charge in [0.25, 0.3) is 0 Å². The van der Waals surface area contributed by atoms with E-state index in [1.807, 2.05) is 4.90 Å². The summed E-state index contributed by atoms with van der Waals surface area (Å²) in [7, 11) is 0. The SMILES string of the molecule is Cc1ccc(C2NCC(=O)N2CC(C)C)cc1. The van der Waals surface area contributed by atoms with E-state index in [1.54, 1.807) is 0 Å². The molecule has 1 saturated heterocycles. The van der Waals surface area contributed by atoms with Crippen molar-refractivity contribution in [1.82, 2.24) is 10.2 Å². The van der Waals surface area contributed by atoms with E-state index in [-0.39, 0.29) is 12.1 Å². The van der Waals surface area contributed by atoms with E-state index in [2.05, 4.69) is 50.4 Å². The normalized spacial score (nSPS) is 20.4. The van der Waals surface area contributed by atoms with Gasteiger partial charge in [-0.2, -0.15) is 0 Å². The molecule has 1 aliphatic heterocycles. The summed E-state index contributed by atoms with van der Waals surface area (Å²) in [6, 6.07) is 8.37. The minimum Gasteiger partial charge on any atom is -0.322 e. The van der Waals surface area contributed by atoms with Gasteiger partial charge >= 0.3 is 0 Å². The number of hydrogen-bond acceptors (Lipinski definition) is 2. The molecule has 1 atom stereocenters. The third kappa shape index (κ3) is 2.67. The zero-order valence-electron chi connectivity index (χ0n) is 10.7. The van der Waals surface area contributed by atoms with E-state index >= 15 is 0 Å². The largest absolute Gasteiger partial charge is 0.322 e. The van der Waals surface area contributed by atoms with E-state index in [1.165, 1.54) is 11.1 Å². The minimum atomic E-state index is 0.0468. The molecule has 1 aliphatic rings. The quantitative estimate of drug-likeness (QED) is 0.865. The monoisotopic (exact) mass is 232 g/mol. The van der Waals surface area contributed by atoms with Crippen LogP contribution in [0.2, 0.25) is 0 Å². The number of carbonyl (C=O) groups excluding carboxylic acids is 1. The Hall–Kier alpha value is -1.35. The lowest BCUT2D eigenvalue weighted by Gasteiger charge is -2.26. The molecular weight excluding hydrogens is 212 g/mol. The molecule has 1 fully saturated rings. The van der Waals surface area contributed by atoms with Gasteiger partial charge in [0.1, 0.15) is 6.17 Å². The zero-order chi connectivity index (χ0) is 12.4. The predicted octanol–water partition coefficient (Wildman–Crippen LogP) is 2.08. The molecule has 0 spiro atoms. The molecule has 0 aromatic heterocycles. The lowest BCUT2D eigenvalue weighted by Crippen LogP contribution is -2.33. The predicted molar refractivity (Wildman–Crippen MR) is 68.5 cm³/mol. The van der Waals surface area contributed by atoms with Crippen LogP contribution in [0.25, 0.3) is 0 Å². The Kier molecular flexibility index (Phi) is 3.48. The third-order valence-corrected chi connectivity index (χ3v) is 3.03. The van der Waals surface area contributed by atoms with Gasteiger partial charge in [-0.15, -0.1) is 0 Å². The number of carbonyl (C=O) groups is 1. The van der Waals surface area contributed by atoms with E-state index in [0.717, 1.165) is 6.54 Å². The average Bonchev–Trinajstić information content (AvgIpc) is 2.61. The first-order chi connectivity index (χ1) is 8.08. The van der Waals surface area contributed by atoms with Gasteiger partial charge in [0.05, 0.1) is 6.54 Å². The minimum absolute atomic E-state index is 0.0468. The molecule has 2 rings (SSSR count). The second-order valence-electron chi connectivity index (χ2n) is 5.13. The van der Waals surface area contributed by atoms with Crippen molar-refractivity contribution in [2.45, 2.75) is 26.9 Å². The number of amides is 1. The molecule has 17 heavy (non-hydrogen) atoms. The Morgan fingerprint density at radius 2 is 2.00 bits per heavy atom. The summed E-state index contributed by atoms with van der Waals surface area (Å²) >= 11 is 0. The highest BCUT2D eigenvalue weighted by Gasteiger charge is 2.31. The van der Waals surface area contributed by atoms with Crippen LogP contribution in [0.4, 0.5) is 0 Å². The van der Waals surface area contributed by atoms with E-state index in [9.17, 15) is 4.79 Å². The van der Waals surface area contributed by atoms with Gasteiger partial charge in [0.15, 0.2) is 0 Å². The summed E-state index contributed by atoms with van der Waals surface area (Å²) in [5.41, 5.74) is 2.41. The van der Waals surface area contributed by atoms with Gasteiger partial charge in [-0.05, 0) is 18.4 Å². The standard InChI is InChI=1S/C14H20N2O/c1-10(2)9-16-13(17)8-15-14(16)12-6-4-11(3)5-7-12/h4-7,10,14-15H,8-9H2,1-3H3. The summed E-state index contributed by atoms with van der Waals surface area (Å²) in [6.07, 6.45) is 0.0468. The van der Waals surface area contributed by atoms with Gasteiger partial charge in [-0.25, -0.2) is 0 Å². The number of hydrogen-bond donors (Lipinski definition) is 1. The Bertz CT molecular complexity index is 397. The van der Waals surface area contributed by atoms with E-state index in [0.29, 0.717) is 12.5 Å². The number of nitrogens with one attached hydrogen (secondary N) is 1. The molecule has 92 valence electrons. The van der Waals surface area contributed by atoms with Crippen molar-refractivity contribution in [2.75, 3.05) is 13.1 Å². The first-order valence-corrected chi connectivity index (χ1v) is 6.17. The van der Waals surface area contributed by atoms with Crippen LogP contribution in [-0.2, 0) is 4.79 Å². The Balaban J connectivity index is 2.19. The van der Waals surface area contributed by atoms with Gasteiger partial charge < -0.3 is 4.90 Å². The van der Waals surface area contributed by atoms with Gasteiger partial charge in [0.2, 0.25) is 5.91 Å². The number of nitrogens with zero attached hydrogens (tertiary/aromatic N) is 1. The van der Waals surface area contributed by atoms with Crippen molar-refractivity contribution in [2.24, 2.45) is 5.92 Å². The molecule has 1 aromatic carbocycles. The molecule has 1 N–H and O–H groups in total. The number of aryl methyl sites for hydroxylation is 1. The first kappa shape index (κ1) is 12.1. The van der Waals surface area contributed by atoms with Crippen LogP contribution in [0.3, 0.4) is 0 Å². The number of benzene rings is 1. The van der Waals surface area contributed by atoms with Crippen LogP contribution in [0.1, 0.15) is 31.1 Å². The van der Waals surface area contributed by atoms with Crippen LogP contribution in [0.15, 0.2) is 24.3 Å². The van der Waals surface area contributed by atoms with Crippen molar-refractivity contribution in [1.29, 1.82) is 0 Å². The molecule has 0 saturated carbocycles. The van der Waals surface area contributed by atoms with Gasteiger partial charge in [-0.1, -0.05) is 43.7 Å². The van der Waals surface area contributed by atoms with E-state index in [4.69, 9.17) is 0 Å². The van der Waals surface area contributed by atoms with Gasteiger partial charge in [-0.3, -0.25) is 10.1 Å². The summed E-state index contributed by atoms with van der Waals surface area (Å²) in [5, 5.41) is 3.27. The summed E-state index contributed by atoms with van der Waals surface area (Å²) in [6.45, 7) is 7.61. The Labute approximate surface area is 103 Å². The fraction of sp³-hybridized carbons (Fsp3) is 0.500. The van der Waals surface area contributed by atoms with E-state index < -0.39 is 0 Å². The van der Waals surface area contributed by atoms with Crippen molar-refractivity contribution >= 4 is 5.91 Å². The molecule has 1 aromatic rings. The average molecular weight is 232 g/mol. The third-order valence-electron chi connectivity index (χ3n) is 3.03. The summed E-state index contributed by atoms with van der Waals surface area (Å²) < 4.78 is 0. The topological polar surface area (TPSA) is 32.3 Å². The van der Waals surface area contributed by atoms with Crippen molar-refractivity contribution < 1.29 is 4.79 Å². The van der Waals surface area contributed by atoms with Crippen LogP contribution in [-0.4, -0.2) is 23.9 Å². The second-order valence-corrected chi connectivity index (χ2v) is 5.13. The lowest BCUT2D eigenvalue weighted by molar-refractivity contribution is -0.128. The van der Waals surface area contributed by atoms with Crippen molar-refractivity contribution in [3.05, 3.63) is 35.4 Å². The van der Waals surface area contributed by atoms with Crippen molar-refractivity contribution in [3.8, 4) is 0 Å². The summed E-state index contributed by atoms with van der Waals surface area (Å²) in [5.74, 6) is 0.691. The Morgan fingerprint density at radius 1 is 1.35 bits per heavy atom. The fourth-order valence-electron chi connectivity index (χ4n) is 2.19. The summed E-state index contributed by atoms with van der Waals surface area (Å²) in [4.78, 5) is 13.8. The van der Waals surface area contributed by atoms with Crippen molar-refractivity contribution in [3.63, 3.8) is 0 Å². The smallest absolute Gasteiger partial charge is 0.238 e. The van der Waals surface area contributed by atoms with Gasteiger partial charge in [0, 0.05) is 6.54 Å². The molecule has 0 bridgehead atoms. The molecule has 1 unspecified atom stereocenters. The highest BCUT2D eigenvalue weighted by molar-refractivity contribution is 5.80. The zero-order valence-corrected chi connectivity index (χ0v) is 10.7. The molecular formula is C14H20N2O. The maximum Gasteiger partial charge on any atom is 0.238 e. The van der Waals surface area contributed by atoms with Crippen LogP contribution >= 0.6 is 0 Å². The molecule has 3 nitrogen and oxygen atoms in total. The molecule has 3 heteroatoms. The fourth-order valence-corrected chi connectivity index (χ4v) is 2.19. The maximum absolute atomic E-state index is 11.8. The molecule has 0 aliphatic carbocycles. The highest BCUT2D eigenvalue weighted by Crippen LogP contribution is 2.23. The van der Waals surface area contributed by atoms with Crippen LogP contribution < -0.4 is 5.32 Å². The molecule has 0 radical (unpaired) electrons. The number of rotatable bonds is 3. The Morgan fingerprint density at radius 3 is 2.59 bits per heavy atom. The van der Waals surface area contributed by atoms with Crippen LogP contribution in [0, 0.1) is 12.8 Å². The van der Waals surface area contributed by atoms with Crippen LogP contribution in [0.5, 0.6) is 0 Å². The highest BCUT2D eigenvalue weighted by atomic mass is 16.2. The molecule has 1 heterocycles. The maximum atomic E-state index is 11.8.